The SMILES string of the molecule is CCOC(=O)c1c(C)ccn1CCOC. The third-order valence-corrected chi connectivity index (χ3v) is 2.17. The minimum absolute atomic E-state index is 0.267. The second kappa shape index (κ2) is 5.56. The highest BCUT2D eigenvalue weighted by Gasteiger charge is 2.15. The number of hydrogen-bond acceptors (Lipinski definition) is 3. The molecular formula is C11H17NO3. The van der Waals surface area contributed by atoms with Gasteiger partial charge in [-0.25, -0.2) is 4.79 Å². The maximum atomic E-state index is 11.6. The van der Waals surface area contributed by atoms with Crippen LogP contribution in [0.5, 0.6) is 0 Å². The minimum Gasteiger partial charge on any atom is -0.461 e. The van der Waals surface area contributed by atoms with Crippen LogP contribution in [-0.4, -0.2) is 30.9 Å². The maximum absolute atomic E-state index is 11.6. The molecule has 0 unspecified atom stereocenters. The van der Waals surface area contributed by atoms with Gasteiger partial charge in [-0.2, -0.15) is 0 Å². The Morgan fingerprint density at radius 1 is 1.53 bits per heavy atom. The molecule has 1 heterocycles. The summed E-state index contributed by atoms with van der Waals surface area (Å²) in [6.45, 7) is 5.35. The van der Waals surface area contributed by atoms with Crippen molar-refractivity contribution in [3.05, 3.63) is 23.5 Å². The molecule has 0 atom stereocenters. The summed E-state index contributed by atoms with van der Waals surface area (Å²) in [5, 5.41) is 0. The van der Waals surface area contributed by atoms with E-state index in [1.54, 1.807) is 14.0 Å². The lowest BCUT2D eigenvalue weighted by molar-refractivity contribution is 0.0510. The number of ether oxygens (including phenoxy) is 2. The normalized spacial score (nSPS) is 10.3. The van der Waals surface area contributed by atoms with E-state index in [1.807, 2.05) is 23.8 Å². The number of methoxy groups -OCH3 is 1. The van der Waals surface area contributed by atoms with Gasteiger partial charge in [-0.3, -0.25) is 0 Å². The predicted octanol–water partition coefficient (Wildman–Crippen LogP) is 1.62. The first-order valence-corrected chi connectivity index (χ1v) is 5.02. The smallest absolute Gasteiger partial charge is 0.355 e. The molecule has 1 aromatic heterocycles. The van der Waals surface area contributed by atoms with Gasteiger partial charge in [0.2, 0.25) is 0 Å². The van der Waals surface area contributed by atoms with Gasteiger partial charge in [-0.15, -0.1) is 0 Å². The number of carbonyl (C=O) groups excluding carboxylic acids is 1. The zero-order valence-corrected chi connectivity index (χ0v) is 9.45. The van der Waals surface area contributed by atoms with Gasteiger partial charge in [-0.05, 0) is 25.5 Å². The highest BCUT2D eigenvalue weighted by Crippen LogP contribution is 2.11. The highest BCUT2D eigenvalue weighted by molar-refractivity contribution is 5.89. The van der Waals surface area contributed by atoms with Crippen LogP contribution in [0.4, 0.5) is 0 Å². The molecule has 0 aromatic carbocycles. The van der Waals surface area contributed by atoms with Crippen LogP contribution in [0.2, 0.25) is 0 Å². The molecule has 0 bridgehead atoms. The van der Waals surface area contributed by atoms with Crippen molar-refractivity contribution < 1.29 is 14.3 Å². The number of rotatable bonds is 5. The Morgan fingerprint density at radius 3 is 2.87 bits per heavy atom. The molecule has 15 heavy (non-hydrogen) atoms. The fourth-order valence-corrected chi connectivity index (χ4v) is 1.44. The molecule has 0 saturated heterocycles. The molecule has 0 aliphatic rings. The first-order valence-electron chi connectivity index (χ1n) is 5.02. The molecule has 84 valence electrons. The topological polar surface area (TPSA) is 40.5 Å². The quantitative estimate of drug-likeness (QED) is 0.695. The molecule has 0 aliphatic heterocycles. The summed E-state index contributed by atoms with van der Waals surface area (Å²) in [5.74, 6) is -0.267. The molecule has 0 amide bonds. The largest absolute Gasteiger partial charge is 0.461 e. The number of aromatic nitrogens is 1. The Balaban J connectivity index is 2.83. The third kappa shape index (κ3) is 2.83. The number of hydrogen-bond donors (Lipinski definition) is 0. The van der Waals surface area contributed by atoms with E-state index in [-0.39, 0.29) is 5.97 Å². The van der Waals surface area contributed by atoms with Crippen molar-refractivity contribution in [1.29, 1.82) is 0 Å². The Labute approximate surface area is 89.8 Å². The second-order valence-electron chi connectivity index (χ2n) is 3.25. The summed E-state index contributed by atoms with van der Waals surface area (Å²) < 4.78 is 11.8. The molecule has 0 radical (unpaired) electrons. The average Bonchev–Trinajstić information content (AvgIpc) is 2.57. The lowest BCUT2D eigenvalue weighted by Gasteiger charge is -2.08. The number of nitrogens with zero attached hydrogens (tertiary/aromatic N) is 1. The second-order valence-corrected chi connectivity index (χ2v) is 3.25. The molecule has 0 saturated carbocycles. The van der Waals surface area contributed by atoms with E-state index in [0.29, 0.717) is 25.5 Å². The van der Waals surface area contributed by atoms with E-state index in [2.05, 4.69) is 0 Å². The van der Waals surface area contributed by atoms with Crippen LogP contribution in [0.1, 0.15) is 23.0 Å². The Morgan fingerprint density at radius 2 is 2.27 bits per heavy atom. The highest BCUT2D eigenvalue weighted by atomic mass is 16.5. The third-order valence-electron chi connectivity index (χ3n) is 2.17. The van der Waals surface area contributed by atoms with Gasteiger partial charge in [0.1, 0.15) is 5.69 Å². The molecule has 4 nitrogen and oxygen atoms in total. The van der Waals surface area contributed by atoms with Gasteiger partial charge >= 0.3 is 5.97 Å². The van der Waals surface area contributed by atoms with Gasteiger partial charge in [-0.1, -0.05) is 0 Å². The van der Waals surface area contributed by atoms with Crippen molar-refractivity contribution in [2.75, 3.05) is 20.3 Å². The van der Waals surface area contributed by atoms with Crippen molar-refractivity contribution in [2.24, 2.45) is 0 Å². The maximum Gasteiger partial charge on any atom is 0.355 e. The molecule has 0 aliphatic carbocycles. The fourth-order valence-electron chi connectivity index (χ4n) is 1.44. The van der Waals surface area contributed by atoms with E-state index in [1.165, 1.54) is 0 Å². The minimum atomic E-state index is -0.267. The van der Waals surface area contributed by atoms with Crippen LogP contribution in [0, 0.1) is 6.92 Å². The Hall–Kier alpha value is -1.29. The van der Waals surface area contributed by atoms with Gasteiger partial charge in [0.15, 0.2) is 0 Å². The molecule has 0 spiro atoms. The van der Waals surface area contributed by atoms with Crippen molar-refractivity contribution in [3.63, 3.8) is 0 Å². The molecular weight excluding hydrogens is 194 g/mol. The Kier molecular flexibility index (Phi) is 4.37. The van der Waals surface area contributed by atoms with Gasteiger partial charge in [0.05, 0.1) is 13.2 Å². The van der Waals surface area contributed by atoms with Gasteiger partial charge in [0, 0.05) is 19.9 Å². The summed E-state index contributed by atoms with van der Waals surface area (Å²) in [7, 11) is 1.64. The number of carbonyl (C=O) groups is 1. The van der Waals surface area contributed by atoms with E-state index < -0.39 is 0 Å². The Bertz CT molecular complexity index is 331. The van der Waals surface area contributed by atoms with Crippen LogP contribution >= 0.6 is 0 Å². The van der Waals surface area contributed by atoms with Crippen molar-refractivity contribution in [2.45, 2.75) is 20.4 Å². The summed E-state index contributed by atoms with van der Waals surface area (Å²) in [6.07, 6.45) is 1.88. The molecule has 1 aromatic rings. The molecule has 0 fully saturated rings. The van der Waals surface area contributed by atoms with Crippen LogP contribution in [0.3, 0.4) is 0 Å². The standard InChI is InChI=1S/C11H17NO3/c1-4-15-11(13)10-9(2)5-6-12(10)7-8-14-3/h5-6H,4,7-8H2,1-3H3. The van der Waals surface area contributed by atoms with Crippen molar-refractivity contribution in [3.8, 4) is 0 Å². The van der Waals surface area contributed by atoms with E-state index in [9.17, 15) is 4.79 Å². The number of aryl methyl sites for hydroxylation is 1. The lowest BCUT2D eigenvalue weighted by atomic mass is 10.3. The van der Waals surface area contributed by atoms with Crippen molar-refractivity contribution >= 4 is 5.97 Å². The molecule has 0 N–H and O–H groups in total. The predicted molar refractivity (Wildman–Crippen MR) is 57.0 cm³/mol. The molecule has 1 rings (SSSR count). The average molecular weight is 211 g/mol. The monoisotopic (exact) mass is 211 g/mol. The zero-order chi connectivity index (χ0) is 11.3. The summed E-state index contributed by atoms with van der Waals surface area (Å²) in [4.78, 5) is 11.6. The number of esters is 1. The van der Waals surface area contributed by atoms with E-state index in [4.69, 9.17) is 9.47 Å². The van der Waals surface area contributed by atoms with Gasteiger partial charge in [0.25, 0.3) is 0 Å². The van der Waals surface area contributed by atoms with Crippen LogP contribution in [0.15, 0.2) is 12.3 Å². The van der Waals surface area contributed by atoms with Gasteiger partial charge < -0.3 is 14.0 Å². The lowest BCUT2D eigenvalue weighted by Crippen LogP contribution is -2.15. The fraction of sp³-hybridized carbons (Fsp3) is 0.545. The van der Waals surface area contributed by atoms with Crippen LogP contribution in [-0.2, 0) is 16.0 Å². The summed E-state index contributed by atoms with van der Waals surface area (Å²) in [6, 6.07) is 1.90. The summed E-state index contributed by atoms with van der Waals surface area (Å²) >= 11 is 0. The summed E-state index contributed by atoms with van der Waals surface area (Å²) in [5.41, 5.74) is 1.55. The zero-order valence-electron chi connectivity index (χ0n) is 9.45. The molecule has 4 heteroatoms. The van der Waals surface area contributed by atoms with Crippen LogP contribution < -0.4 is 0 Å². The van der Waals surface area contributed by atoms with Crippen molar-refractivity contribution in [1.82, 2.24) is 4.57 Å². The van der Waals surface area contributed by atoms with E-state index in [0.717, 1.165) is 5.56 Å². The van der Waals surface area contributed by atoms with E-state index >= 15 is 0 Å². The first-order chi connectivity index (χ1) is 7.20. The first kappa shape index (κ1) is 11.8. The van der Waals surface area contributed by atoms with Crippen LogP contribution in [0.25, 0.3) is 0 Å².